The minimum Gasteiger partial charge on any atom is -0.508 e. The molecule has 2 rings (SSSR count). The number of hydrogen-bond acceptors (Lipinski definition) is 3. The Hall–Kier alpha value is -2.56. The molecule has 0 spiro atoms. The number of nitrogens with one attached hydrogen (secondary N) is 1. The van der Waals surface area contributed by atoms with Crippen LogP contribution in [0.15, 0.2) is 42.5 Å². The molecule has 2 aromatic rings. The highest BCUT2D eigenvalue weighted by molar-refractivity contribution is 5.92. The number of aromatic hydroxyl groups is 1. The fraction of sp³-hybridized carbons (Fsp3) is 0.0714. The van der Waals surface area contributed by atoms with E-state index in [0.717, 1.165) is 6.07 Å². The minimum absolute atomic E-state index is 0.0126. The maximum absolute atomic E-state index is 13.2. The first kappa shape index (κ1) is 12.9. The van der Waals surface area contributed by atoms with Crippen LogP contribution in [0.2, 0.25) is 0 Å². The van der Waals surface area contributed by atoms with Crippen molar-refractivity contribution in [2.24, 2.45) is 0 Å². The molecule has 0 aromatic heterocycles. The molecule has 0 heterocycles. The van der Waals surface area contributed by atoms with Gasteiger partial charge >= 0.3 is 0 Å². The summed E-state index contributed by atoms with van der Waals surface area (Å²) in [6.07, 6.45) is 0.0126. The number of phenols is 1. The van der Waals surface area contributed by atoms with Gasteiger partial charge in [-0.15, -0.1) is 0 Å². The molecule has 1 amide bonds. The van der Waals surface area contributed by atoms with E-state index in [9.17, 15) is 14.3 Å². The molecule has 19 heavy (non-hydrogen) atoms. The van der Waals surface area contributed by atoms with E-state index >= 15 is 0 Å². The number of halogens is 1. The van der Waals surface area contributed by atoms with Crippen molar-refractivity contribution in [2.75, 3.05) is 11.1 Å². The number of carbonyl (C=O) groups is 1. The van der Waals surface area contributed by atoms with Crippen LogP contribution in [0.1, 0.15) is 5.56 Å². The van der Waals surface area contributed by atoms with E-state index in [2.05, 4.69) is 5.32 Å². The number of phenolic OH excluding ortho intramolecular Hbond substituents is 1. The van der Waals surface area contributed by atoms with Gasteiger partial charge in [0.1, 0.15) is 11.6 Å². The number of anilines is 2. The molecule has 0 unspecified atom stereocenters. The second-order valence-electron chi connectivity index (χ2n) is 4.09. The minimum atomic E-state index is -0.583. The van der Waals surface area contributed by atoms with Crippen molar-refractivity contribution in [3.63, 3.8) is 0 Å². The van der Waals surface area contributed by atoms with Crippen molar-refractivity contribution in [1.29, 1.82) is 0 Å². The standard InChI is InChI=1S/C14H13FN2O2/c15-11-8-10(5-6-12(11)16)17-14(19)7-9-3-1-2-4-13(9)18/h1-6,8,18H,7,16H2,(H,17,19). The average Bonchev–Trinajstić information content (AvgIpc) is 2.37. The number of nitrogen functional groups attached to an aromatic ring is 1. The first-order chi connectivity index (χ1) is 9.06. The van der Waals surface area contributed by atoms with Crippen molar-refractivity contribution >= 4 is 17.3 Å². The van der Waals surface area contributed by atoms with Gasteiger partial charge in [0.2, 0.25) is 5.91 Å². The summed E-state index contributed by atoms with van der Waals surface area (Å²) in [5.41, 5.74) is 6.20. The molecule has 4 N–H and O–H groups in total. The summed E-state index contributed by atoms with van der Waals surface area (Å²) in [4.78, 5) is 11.8. The van der Waals surface area contributed by atoms with Crippen LogP contribution < -0.4 is 11.1 Å². The van der Waals surface area contributed by atoms with E-state index < -0.39 is 5.82 Å². The van der Waals surface area contributed by atoms with Gasteiger partial charge in [-0.1, -0.05) is 18.2 Å². The molecule has 0 aliphatic carbocycles. The van der Waals surface area contributed by atoms with Crippen LogP contribution in [0, 0.1) is 5.82 Å². The third kappa shape index (κ3) is 3.22. The van der Waals surface area contributed by atoms with E-state index in [4.69, 9.17) is 5.73 Å². The number of rotatable bonds is 3. The predicted octanol–water partition coefficient (Wildman–Crippen LogP) is 2.29. The van der Waals surface area contributed by atoms with Crippen molar-refractivity contribution in [3.05, 3.63) is 53.8 Å². The summed E-state index contributed by atoms with van der Waals surface area (Å²) in [6, 6.07) is 10.6. The number of nitrogens with two attached hydrogens (primary N) is 1. The number of benzene rings is 2. The van der Waals surface area contributed by atoms with Crippen LogP contribution in [-0.2, 0) is 11.2 Å². The second-order valence-corrected chi connectivity index (χ2v) is 4.09. The summed E-state index contributed by atoms with van der Waals surface area (Å²) >= 11 is 0. The normalized spacial score (nSPS) is 10.2. The van der Waals surface area contributed by atoms with Gasteiger partial charge in [0.05, 0.1) is 12.1 Å². The predicted molar refractivity (Wildman–Crippen MR) is 71.3 cm³/mol. The zero-order chi connectivity index (χ0) is 13.8. The maximum Gasteiger partial charge on any atom is 0.228 e. The van der Waals surface area contributed by atoms with Crippen LogP contribution >= 0.6 is 0 Å². The van der Waals surface area contributed by atoms with E-state index in [1.54, 1.807) is 18.2 Å². The molecule has 0 saturated carbocycles. The third-order valence-electron chi connectivity index (χ3n) is 2.63. The number of carbonyl (C=O) groups excluding carboxylic acids is 1. The smallest absolute Gasteiger partial charge is 0.228 e. The highest BCUT2D eigenvalue weighted by atomic mass is 19.1. The van der Waals surface area contributed by atoms with Gasteiger partial charge < -0.3 is 16.2 Å². The van der Waals surface area contributed by atoms with Crippen LogP contribution in [0.4, 0.5) is 15.8 Å². The van der Waals surface area contributed by atoms with Crippen molar-refractivity contribution in [2.45, 2.75) is 6.42 Å². The van der Waals surface area contributed by atoms with Gasteiger partial charge in [0.25, 0.3) is 0 Å². The summed E-state index contributed by atoms with van der Waals surface area (Å²) in [7, 11) is 0. The van der Waals surface area contributed by atoms with E-state index in [-0.39, 0.29) is 23.8 Å². The topological polar surface area (TPSA) is 75.3 Å². The fourth-order valence-electron chi connectivity index (χ4n) is 1.64. The van der Waals surface area contributed by atoms with E-state index in [1.807, 2.05) is 0 Å². The van der Waals surface area contributed by atoms with Gasteiger partial charge in [-0.2, -0.15) is 0 Å². The van der Waals surface area contributed by atoms with Crippen LogP contribution in [0.3, 0.4) is 0 Å². The quantitative estimate of drug-likeness (QED) is 0.741. The average molecular weight is 260 g/mol. The lowest BCUT2D eigenvalue weighted by Crippen LogP contribution is -2.14. The summed E-state index contributed by atoms with van der Waals surface area (Å²) in [5.74, 6) is -0.868. The van der Waals surface area contributed by atoms with Gasteiger partial charge in [-0.3, -0.25) is 4.79 Å². The summed E-state index contributed by atoms with van der Waals surface area (Å²) in [5, 5.41) is 12.1. The Morgan fingerprint density at radius 3 is 2.68 bits per heavy atom. The molecular weight excluding hydrogens is 247 g/mol. The Morgan fingerprint density at radius 2 is 2.00 bits per heavy atom. The largest absolute Gasteiger partial charge is 0.508 e. The molecule has 4 nitrogen and oxygen atoms in total. The van der Waals surface area contributed by atoms with E-state index in [1.165, 1.54) is 18.2 Å². The molecule has 0 aliphatic heterocycles. The van der Waals surface area contributed by atoms with Crippen LogP contribution in [0.5, 0.6) is 5.75 Å². The zero-order valence-electron chi connectivity index (χ0n) is 10.1. The maximum atomic E-state index is 13.2. The van der Waals surface area contributed by atoms with Crippen molar-refractivity contribution < 1.29 is 14.3 Å². The number of para-hydroxylation sites is 1. The lowest BCUT2D eigenvalue weighted by Gasteiger charge is -2.07. The Kier molecular flexibility index (Phi) is 3.66. The first-order valence-corrected chi connectivity index (χ1v) is 5.68. The second kappa shape index (κ2) is 5.39. The highest BCUT2D eigenvalue weighted by Crippen LogP contribution is 2.18. The molecule has 0 bridgehead atoms. The molecule has 0 saturated heterocycles. The van der Waals surface area contributed by atoms with Gasteiger partial charge in [-0.05, 0) is 24.3 Å². The Morgan fingerprint density at radius 1 is 1.26 bits per heavy atom. The molecule has 0 fully saturated rings. The third-order valence-corrected chi connectivity index (χ3v) is 2.63. The van der Waals surface area contributed by atoms with Crippen molar-refractivity contribution in [1.82, 2.24) is 0 Å². The van der Waals surface area contributed by atoms with Crippen LogP contribution in [-0.4, -0.2) is 11.0 Å². The Balaban J connectivity index is 2.05. The Labute approximate surface area is 109 Å². The molecule has 0 aliphatic rings. The lowest BCUT2D eigenvalue weighted by atomic mass is 10.1. The highest BCUT2D eigenvalue weighted by Gasteiger charge is 2.08. The monoisotopic (exact) mass is 260 g/mol. The fourth-order valence-corrected chi connectivity index (χ4v) is 1.64. The molecular formula is C14H13FN2O2. The van der Waals surface area contributed by atoms with Gasteiger partial charge in [0.15, 0.2) is 0 Å². The van der Waals surface area contributed by atoms with E-state index in [0.29, 0.717) is 11.3 Å². The zero-order valence-corrected chi connectivity index (χ0v) is 10.1. The van der Waals surface area contributed by atoms with Crippen LogP contribution in [0.25, 0.3) is 0 Å². The lowest BCUT2D eigenvalue weighted by molar-refractivity contribution is -0.115. The number of hydrogen-bond donors (Lipinski definition) is 3. The molecule has 0 radical (unpaired) electrons. The summed E-state index contributed by atoms with van der Waals surface area (Å²) < 4.78 is 13.2. The molecule has 0 atom stereocenters. The SMILES string of the molecule is Nc1ccc(NC(=O)Cc2ccccc2O)cc1F. The molecule has 98 valence electrons. The Bertz CT molecular complexity index is 614. The van der Waals surface area contributed by atoms with Gasteiger partial charge in [0, 0.05) is 11.3 Å². The molecule has 2 aromatic carbocycles. The van der Waals surface area contributed by atoms with Crippen molar-refractivity contribution in [3.8, 4) is 5.75 Å². The molecule has 5 heteroatoms. The number of amides is 1. The summed E-state index contributed by atoms with van der Waals surface area (Å²) in [6.45, 7) is 0. The van der Waals surface area contributed by atoms with Gasteiger partial charge in [-0.25, -0.2) is 4.39 Å². The first-order valence-electron chi connectivity index (χ1n) is 5.68.